The van der Waals surface area contributed by atoms with Gasteiger partial charge in [-0.3, -0.25) is 14.9 Å². The minimum absolute atomic E-state index is 0.0442. The van der Waals surface area contributed by atoms with Crippen molar-refractivity contribution in [3.8, 4) is 5.75 Å². The third-order valence-corrected chi connectivity index (χ3v) is 4.92. The van der Waals surface area contributed by atoms with E-state index in [1.54, 1.807) is 12.1 Å². The van der Waals surface area contributed by atoms with Crippen molar-refractivity contribution in [3.05, 3.63) is 33.9 Å². The zero-order valence-corrected chi connectivity index (χ0v) is 14.1. The third kappa shape index (κ3) is 5.42. The number of carbonyl (C=O) groups is 1. The summed E-state index contributed by atoms with van der Waals surface area (Å²) in [5.41, 5.74) is 0.769. The number of amides is 1. The largest absolute Gasteiger partial charge is 0.490 e. The summed E-state index contributed by atoms with van der Waals surface area (Å²) in [6.45, 7) is 0. The van der Waals surface area contributed by atoms with Crippen LogP contribution >= 0.6 is 11.8 Å². The number of hydrogen-bond donors (Lipinski definition) is 1. The molecule has 0 atom stereocenters. The van der Waals surface area contributed by atoms with Crippen molar-refractivity contribution in [2.75, 3.05) is 12.9 Å². The van der Waals surface area contributed by atoms with Gasteiger partial charge in [-0.2, -0.15) is 0 Å². The maximum atomic E-state index is 11.9. The van der Waals surface area contributed by atoms with Gasteiger partial charge in [0.1, 0.15) is 0 Å². The molecule has 0 aliphatic heterocycles. The second-order valence-electron chi connectivity index (χ2n) is 5.66. The van der Waals surface area contributed by atoms with Crippen molar-refractivity contribution in [1.82, 2.24) is 5.32 Å². The molecule has 2 rings (SSSR count). The van der Waals surface area contributed by atoms with Crippen molar-refractivity contribution in [2.24, 2.45) is 0 Å². The molecular weight excluding hydrogens is 316 g/mol. The number of nitro benzene ring substituents is 1. The van der Waals surface area contributed by atoms with E-state index in [9.17, 15) is 14.9 Å². The van der Waals surface area contributed by atoms with Gasteiger partial charge in [-0.1, -0.05) is 25.3 Å². The Bertz CT molecular complexity index is 559. The van der Waals surface area contributed by atoms with Crippen LogP contribution in [0.1, 0.15) is 37.7 Å². The van der Waals surface area contributed by atoms with E-state index in [0.29, 0.717) is 17.5 Å². The van der Waals surface area contributed by atoms with Crippen molar-refractivity contribution in [3.63, 3.8) is 0 Å². The van der Waals surface area contributed by atoms with Gasteiger partial charge in [-0.05, 0) is 24.5 Å². The van der Waals surface area contributed by atoms with Gasteiger partial charge >= 0.3 is 5.69 Å². The summed E-state index contributed by atoms with van der Waals surface area (Å²) in [6, 6.07) is 5.21. The number of thioether (sulfide) groups is 1. The molecule has 126 valence electrons. The summed E-state index contributed by atoms with van der Waals surface area (Å²) in [5.74, 6) is 1.22. The Morgan fingerprint density at radius 3 is 2.78 bits per heavy atom. The van der Waals surface area contributed by atoms with E-state index in [-0.39, 0.29) is 17.3 Å². The van der Waals surface area contributed by atoms with Crippen LogP contribution in [0.5, 0.6) is 5.75 Å². The van der Waals surface area contributed by atoms with E-state index >= 15 is 0 Å². The molecule has 0 spiro atoms. The van der Waals surface area contributed by atoms with E-state index in [4.69, 9.17) is 4.74 Å². The lowest BCUT2D eigenvalue weighted by Gasteiger charge is -2.22. The fraction of sp³-hybridized carbons (Fsp3) is 0.562. The SMILES string of the molecule is COc1ccc(CSCC(=O)NC2CCCCC2)cc1[N+](=O)[O-]. The molecule has 1 aliphatic carbocycles. The van der Waals surface area contributed by atoms with Crippen LogP contribution in [0.2, 0.25) is 0 Å². The molecule has 0 aromatic heterocycles. The molecule has 23 heavy (non-hydrogen) atoms. The van der Waals surface area contributed by atoms with Crippen molar-refractivity contribution < 1.29 is 14.5 Å². The highest BCUT2D eigenvalue weighted by molar-refractivity contribution is 7.99. The second-order valence-corrected chi connectivity index (χ2v) is 6.64. The first kappa shape index (κ1) is 17.6. The number of benzene rings is 1. The molecule has 1 fully saturated rings. The number of methoxy groups -OCH3 is 1. The molecule has 1 aliphatic rings. The first-order valence-electron chi connectivity index (χ1n) is 7.78. The Balaban J connectivity index is 1.80. The molecule has 1 saturated carbocycles. The molecule has 0 heterocycles. The average molecular weight is 338 g/mol. The Morgan fingerprint density at radius 2 is 2.13 bits per heavy atom. The molecule has 0 radical (unpaired) electrons. The molecule has 0 bridgehead atoms. The van der Waals surface area contributed by atoms with Crippen LogP contribution in [-0.4, -0.2) is 29.7 Å². The van der Waals surface area contributed by atoms with Crippen LogP contribution in [0.25, 0.3) is 0 Å². The highest BCUT2D eigenvalue weighted by atomic mass is 32.2. The fourth-order valence-corrected chi connectivity index (χ4v) is 3.53. The van der Waals surface area contributed by atoms with E-state index in [1.807, 2.05) is 0 Å². The smallest absolute Gasteiger partial charge is 0.311 e. The Hall–Kier alpha value is -1.76. The molecule has 0 saturated heterocycles. The fourth-order valence-electron chi connectivity index (χ4n) is 2.75. The minimum atomic E-state index is -0.456. The monoisotopic (exact) mass is 338 g/mol. The Morgan fingerprint density at radius 1 is 1.39 bits per heavy atom. The summed E-state index contributed by atoms with van der Waals surface area (Å²) in [4.78, 5) is 22.5. The highest BCUT2D eigenvalue weighted by Gasteiger charge is 2.17. The summed E-state index contributed by atoms with van der Waals surface area (Å²) in [5, 5.41) is 14.1. The Labute approximate surface area is 140 Å². The second kappa shape index (κ2) is 8.76. The molecule has 1 amide bonds. The van der Waals surface area contributed by atoms with Gasteiger partial charge in [0.25, 0.3) is 0 Å². The lowest BCUT2D eigenvalue weighted by atomic mass is 9.95. The summed E-state index contributed by atoms with van der Waals surface area (Å²) in [7, 11) is 1.41. The minimum Gasteiger partial charge on any atom is -0.490 e. The molecule has 1 aromatic carbocycles. The van der Waals surface area contributed by atoms with Crippen LogP contribution in [0.4, 0.5) is 5.69 Å². The lowest BCUT2D eigenvalue weighted by Crippen LogP contribution is -2.37. The number of nitrogens with one attached hydrogen (secondary N) is 1. The molecular formula is C16H22N2O4S. The zero-order chi connectivity index (χ0) is 16.7. The van der Waals surface area contributed by atoms with Gasteiger partial charge in [0.2, 0.25) is 5.91 Å². The molecule has 7 heteroatoms. The zero-order valence-electron chi connectivity index (χ0n) is 13.2. The van der Waals surface area contributed by atoms with Crippen LogP contribution in [-0.2, 0) is 10.5 Å². The molecule has 1 aromatic rings. The predicted octanol–water partition coefficient (Wildman–Crippen LogP) is 3.29. The van der Waals surface area contributed by atoms with E-state index in [0.717, 1.165) is 18.4 Å². The van der Waals surface area contributed by atoms with Crippen LogP contribution < -0.4 is 10.1 Å². The number of carbonyl (C=O) groups excluding carboxylic acids is 1. The predicted molar refractivity (Wildman–Crippen MR) is 90.8 cm³/mol. The maximum Gasteiger partial charge on any atom is 0.311 e. The number of hydrogen-bond acceptors (Lipinski definition) is 5. The van der Waals surface area contributed by atoms with E-state index < -0.39 is 4.92 Å². The van der Waals surface area contributed by atoms with Crippen molar-refractivity contribution in [1.29, 1.82) is 0 Å². The average Bonchev–Trinajstić information content (AvgIpc) is 2.55. The summed E-state index contributed by atoms with van der Waals surface area (Å²) < 4.78 is 4.98. The molecule has 1 N–H and O–H groups in total. The first-order valence-corrected chi connectivity index (χ1v) is 8.94. The molecule has 0 unspecified atom stereocenters. The van der Waals surface area contributed by atoms with Gasteiger partial charge in [0.05, 0.1) is 17.8 Å². The summed E-state index contributed by atoms with van der Waals surface area (Å²) in [6.07, 6.45) is 5.78. The third-order valence-electron chi connectivity index (χ3n) is 3.91. The van der Waals surface area contributed by atoms with Gasteiger partial charge in [-0.15, -0.1) is 11.8 Å². The number of nitrogens with zero attached hydrogens (tertiary/aromatic N) is 1. The number of ether oxygens (including phenoxy) is 1. The van der Waals surface area contributed by atoms with E-state index in [1.165, 1.54) is 44.2 Å². The first-order chi connectivity index (χ1) is 11.1. The van der Waals surface area contributed by atoms with Crippen molar-refractivity contribution >= 4 is 23.4 Å². The molecule has 6 nitrogen and oxygen atoms in total. The van der Waals surface area contributed by atoms with Crippen LogP contribution in [0.3, 0.4) is 0 Å². The summed E-state index contributed by atoms with van der Waals surface area (Å²) >= 11 is 1.46. The number of nitro groups is 1. The van der Waals surface area contributed by atoms with Gasteiger partial charge in [0, 0.05) is 17.9 Å². The quantitative estimate of drug-likeness (QED) is 0.609. The van der Waals surface area contributed by atoms with Crippen LogP contribution in [0.15, 0.2) is 18.2 Å². The van der Waals surface area contributed by atoms with Crippen molar-refractivity contribution in [2.45, 2.75) is 43.9 Å². The number of rotatable bonds is 7. The Kier molecular flexibility index (Phi) is 6.70. The normalized spacial score (nSPS) is 15.2. The van der Waals surface area contributed by atoms with Gasteiger partial charge < -0.3 is 10.1 Å². The van der Waals surface area contributed by atoms with Crippen LogP contribution in [0, 0.1) is 10.1 Å². The standard InChI is InChI=1S/C16H22N2O4S/c1-22-15-8-7-12(9-14(15)18(20)21)10-23-11-16(19)17-13-5-3-2-4-6-13/h7-9,13H,2-6,10-11H2,1H3,(H,17,19). The lowest BCUT2D eigenvalue weighted by molar-refractivity contribution is -0.385. The maximum absolute atomic E-state index is 11.9. The van der Waals surface area contributed by atoms with Gasteiger partial charge in [0.15, 0.2) is 5.75 Å². The highest BCUT2D eigenvalue weighted by Crippen LogP contribution is 2.29. The van der Waals surface area contributed by atoms with E-state index in [2.05, 4.69) is 5.32 Å². The van der Waals surface area contributed by atoms with Gasteiger partial charge in [-0.25, -0.2) is 0 Å². The topological polar surface area (TPSA) is 81.5 Å².